The minimum Gasteiger partial charge on any atom is -0.474 e. The van der Waals surface area contributed by atoms with Crippen molar-refractivity contribution in [3.63, 3.8) is 0 Å². The van der Waals surface area contributed by atoms with Gasteiger partial charge in [-0.05, 0) is 63.6 Å². The summed E-state index contributed by atoms with van der Waals surface area (Å²) in [6.45, 7) is 2.08. The van der Waals surface area contributed by atoms with E-state index in [1.807, 2.05) is 12.1 Å². The van der Waals surface area contributed by atoms with Crippen molar-refractivity contribution >= 4 is 22.8 Å². The number of carbonyl (C=O) groups is 1. The Bertz CT molecular complexity index is 1240. The Morgan fingerprint density at radius 3 is 2.63 bits per heavy atom. The molecule has 6 rings (SSSR count). The van der Waals surface area contributed by atoms with E-state index in [2.05, 4.69) is 29.7 Å². The number of anilines is 1. The lowest BCUT2D eigenvalue weighted by Gasteiger charge is -2.34. The van der Waals surface area contributed by atoms with Crippen molar-refractivity contribution in [1.82, 2.24) is 14.5 Å². The monoisotopic (exact) mass is 474 g/mol. The lowest BCUT2D eigenvalue weighted by atomic mass is 9.94. The average molecular weight is 475 g/mol. The van der Waals surface area contributed by atoms with Crippen LogP contribution in [0.5, 0.6) is 5.88 Å². The largest absolute Gasteiger partial charge is 0.474 e. The summed E-state index contributed by atoms with van der Waals surface area (Å²) in [6.07, 6.45) is 10.9. The molecule has 7 nitrogen and oxygen atoms in total. The van der Waals surface area contributed by atoms with E-state index in [4.69, 9.17) is 19.4 Å². The highest BCUT2D eigenvalue weighted by atomic mass is 16.5. The predicted molar refractivity (Wildman–Crippen MR) is 135 cm³/mol. The van der Waals surface area contributed by atoms with Gasteiger partial charge in [0, 0.05) is 30.1 Å². The fourth-order valence-corrected chi connectivity index (χ4v) is 5.83. The lowest BCUT2D eigenvalue weighted by Crippen LogP contribution is -2.42. The molecule has 1 atom stereocenters. The molecule has 2 aliphatic carbocycles. The van der Waals surface area contributed by atoms with Crippen LogP contribution >= 0.6 is 0 Å². The highest BCUT2D eigenvalue weighted by molar-refractivity contribution is 5.95. The van der Waals surface area contributed by atoms with Crippen LogP contribution in [0.25, 0.3) is 11.0 Å². The molecule has 0 unspecified atom stereocenters. The molecule has 0 N–H and O–H groups in total. The molecule has 0 radical (unpaired) electrons. The van der Waals surface area contributed by atoms with Gasteiger partial charge in [-0.2, -0.15) is 0 Å². The van der Waals surface area contributed by atoms with Gasteiger partial charge in [0.2, 0.25) is 5.88 Å². The minimum atomic E-state index is -0.304. The highest BCUT2D eigenvalue weighted by Crippen LogP contribution is 2.39. The molecule has 0 saturated heterocycles. The van der Waals surface area contributed by atoms with E-state index in [1.165, 1.54) is 44.7 Å². The van der Waals surface area contributed by atoms with Crippen LogP contribution in [0, 0.1) is 0 Å². The highest BCUT2D eigenvalue weighted by Gasteiger charge is 2.32. The standard InChI is InChI=1S/C28H34N4O3/c1-18-11-14-22-23(31(18)28(33)34-2)15-16-24-27(22)30-25(32(24)20-8-4-3-5-9-20)17-19-7-6-10-26(29-19)35-21-12-13-21/h6-7,10,15-16,18,20-21H,3-5,8-9,11-14,17H2,1-2H3/t18-/m0/s1. The third-order valence-electron chi connectivity index (χ3n) is 7.77. The first-order valence-corrected chi connectivity index (χ1v) is 13.1. The summed E-state index contributed by atoms with van der Waals surface area (Å²) >= 11 is 0. The molecule has 1 aromatic carbocycles. The fourth-order valence-electron chi connectivity index (χ4n) is 5.83. The zero-order valence-corrected chi connectivity index (χ0v) is 20.7. The third kappa shape index (κ3) is 4.26. The molecule has 0 bridgehead atoms. The fraction of sp³-hybridized carbons (Fsp3) is 0.536. The predicted octanol–water partition coefficient (Wildman–Crippen LogP) is 5.98. The van der Waals surface area contributed by atoms with Gasteiger partial charge in [0.25, 0.3) is 0 Å². The SMILES string of the molecule is COC(=O)N1c2ccc3c(nc(Cc4cccc(OC5CC5)n4)n3C3CCCCC3)c2CC[C@@H]1C. The molecule has 0 spiro atoms. The van der Waals surface area contributed by atoms with Crippen molar-refractivity contribution in [2.45, 2.75) is 89.3 Å². The summed E-state index contributed by atoms with van der Waals surface area (Å²) < 4.78 is 13.5. The van der Waals surface area contributed by atoms with Crippen molar-refractivity contribution in [2.24, 2.45) is 0 Å². The van der Waals surface area contributed by atoms with E-state index in [1.54, 1.807) is 4.90 Å². The summed E-state index contributed by atoms with van der Waals surface area (Å²) in [4.78, 5) is 24.4. The Hall–Kier alpha value is -3.09. The maximum absolute atomic E-state index is 12.6. The zero-order chi connectivity index (χ0) is 23.9. The minimum absolute atomic E-state index is 0.103. The van der Waals surface area contributed by atoms with Crippen LogP contribution in [-0.4, -0.2) is 39.9 Å². The molecule has 35 heavy (non-hydrogen) atoms. The molecule has 184 valence electrons. The van der Waals surface area contributed by atoms with Gasteiger partial charge < -0.3 is 14.0 Å². The van der Waals surface area contributed by atoms with Crippen LogP contribution in [0.15, 0.2) is 30.3 Å². The van der Waals surface area contributed by atoms with E-state index in [9.17, 15) is 4.79 Å². The van der Waals surface area contributed by atoms with Crippen molar-refractivity contribution in [3.05, 3.63) is 47.4 Å². The van der Waals surface area contributed by atoms with Crippen LogP contribution in [0.4, 0.5) is 10.5 Å². The number of aromatic nitrogens is 3. The van der Waals surface area contributed by atoms with Crippen LogP contribution < -0.4 is 9.64 Å². The molecule has 3 heterocycles. The smallest absolute Gasteiger partial charge is 0.414 e. The average Bonchev–Trinajstić information content (AvgIpc) is 3.61. The molecule has 3 aliphatic rings. The van der Waals surface area contributed by atoms with E-state index >= 15 is 0 Å². The van der Waals surface area contributed by atoms with Crippen molar-refractivity contribution in [2.75, 3.05) is 12.0 Å². The molecule has 3 aromatic rings. The summed E-state index contributed by atoms with van der Waals surface area (Å²) in [5.41, 5.74) is 5.26. The number of fused-ring (bicyclic) bond motifs is 3. The Kier molecular flexibility index (Phi) is 5.86. The van der Waals surface area contributed by atoms with Crippen LogP contribution in [-0.2, 0) is 17.6 Å². The maximum atomic E-state index is 12.6. The third-order valence-corrected chi connectivity index (χ3v) is 7.77. The van der Waals surface area contributed by atoms with Crippen molar-refractivity contribution in [1.29, 1.82) is 0 Å². The number of benzene rings is 1. The molecule has 2 aromatic heterocycles. The molecule has 2 saturated carbocycles. The van der Waals surface area contributed by atoms with Gasteiger partial charge in [-0.25, -0.2) is 14.8 Å². The second-order valence-electron chi connectivity index (χ2n) is 10.3. The van der Waals surface area contributed by atoms with Gasteiger partial charge in [-0.15, -0.1) is 0 Å². The second kappa shape index (κ2) is 9.17. The molecular weight excluding hydrogens is 440 g/mol. The van der Waals surface area contributed by atoms with Gasteiger partial charge in [0.05, 0.1) is 29.5 Å². The van der Waals surface area contributed by atoms with E-state index in [0.29, 0.717) is 24.4 Å². The van der Waals surface area contributed by atoms with Crippen LogP contribution in [0.3, 0.4) is 0 Å². The number of hydrogen-bond donors (Lipinski definition) is 0. The van der Waals surface area contributed by atoms with Crippen molar-refractivity contribution in [3.8, 4) is 5.88 Å². The molecular formula is C28H34N4O3. The summed E-state index contributed by atoms with van der Waals surface area (Å²) in [5, 5.41) is 0. The molecule has 2 fully saturated rings. The van der Waals surface area contributed by atoms with Gasteiger partial charge >= 0.3 is 6.09 Å². The van der Waals surface area contributed by atoms with E-state index in [0.717, 1.165) is 54.0 Å². The molecule has 1 aliphatic heterocycles. The van der Waals surface area contributed by atoms with Crippen molar-refractivity contribution < 1.29 is 14.3 Å². The first-order chi connectivity index (χ1) is 17.1. The number of aryl methyl sites for hydroxylation is 1. The summed E-state index contributed by atoms with van der Waals surface area (Å²) in [7, 11) is 1.45. The number of amides is 1. The molecule has 7 heteroatoms. The zero-order valence-electron chi connectivity index (χ0n) is 20.7. The summed E-state index contributed by atoms with van der Waals surface area (Å²) in [5.74, 6) is 1.77. The molecule has 1 amide bonds. The van der Waals surface area contributed by atoms with Gasteiger partial charge in [0.1, 0.15) is 11.9 Å². The normalized spacial score (nSPS) is 20.6. The van der Waals surface area contributed by atoms with Gasteiger partial charge in [-0.3, -0.25) is 4.90 Å². The number of ether oxygens (including phenoxy) is 2. The van der Waals surface area contributed by atoms with Crippen LogP contribution in [0.1, 0.15) is 81.4 Å². The number of carbonyl (C=O) groups excluding carboxylic acids is 1. The van der Waals surface area contributed by atoms with Gasteiger partial charge in [-0.1, -0.05) is 25.3 Å². The quantitative estimate of drug-likeness (QED) is 0.455. The van der Waals surface area contributed by atoms with E-state index < -0.39 is 0 Å². The topological polar surface area (TPSA) is 69.5 Å². The first-order valence-electron chi connectivity index (χ1n) is 13.1. The lowest BCUT2D eigenvalue weighted by molar-refractivity contribution is 0.175. The van der Waals surface area contributed by atoms with Gasteiger partial charge in [0.15, 0.2) is 0 Å². The maximum Gasteiger partial charge on any atom is 0.414 e. The number of rotatable bonds is 5. The number of hydrogen-bond acceptors (Lipinski definition) is 5. The Labute approximate surface area is 206 Å². The number of methoxy groups -OCH3 is 1. The Morgan fingerprint density at radius 2 is 1.86 bits per heavy atom. The number of nitrogens with zero attached hydrogens (tertiary/aromatic N) is 4. The van der Waals surface area contributed by atoms with E-state index in [-0.39, 0.29) is 12.1 Å². The van der Waals surface area contributed by atoms with Crippen LogP contribution in [0.2, 0.25) is 0 Å². The Balaban J connectivity index is 1.44. The number of imidazole rings is 1. The first kappa shape index (κ1) is 22.4. The summed E-state index contributed by atoms with van der Waals surface area (Å²) in [6, 6.07) is 10.9. The number of pyridine rings is 1. The Morgan fingerprint density at radius 1 is 1.03 bits per heavy atom. The second-order valence-corrected chi connectivity index (χ2v) is 10.3.